The van der Waals surface area contributed by atoms with Gasteiger partial charge in [0.15, 0.2) is 12.2 Å². The fourth-order valence-corrected chi connectivity index (χ4v) is 6.40. The van der Waals surface area contributed by atoms with Crippen molar-refractivity contribution >= 4 is 46.5 Å². The molecule has 3 fully saturated rings. The van der Waals surface area contributed by atoms with E-state index in [9.17, 15) is 25.2 Å². The minimum atomic E-state index is -1.26. The molecule has 1 unspecified atom stereocenters. The van der Waals surface area contributed by atoms with Crippen LogP contribution < -0.4 is 10.8 Å². The van der Waals surface area contributed by atoms with Gasteiger partial charge in [0.1, 0.15) is 24.4 Å². The van der Waals surface area contributed by atoms with Crippen LogP contribution in [0.2, 0.25) is 0 Å². The molecule has 3 aliphatic heterocycles. The zero-order valence-electron chi connectivity index (χ0n) is 26.4. The molecule has 0 spiro atoms. The van der Waals surface area contributed by atoms with Gasteiger partial charge in [-0.05, 0) is 42.8 Å². The first kappa shape index (κ1) is 32.4. The number of aromatic hydroxyl groups is 1. The molecule has 0 bridgehead atoms. The maximum absolute atomic E-state index is 12.7. The van der Waals surface area contributed by atoms with E-state index in [-0.39, 0.29) is 11.8 Å². The molecular formula is C34H38BN5O8. The standard InChI is InChI=1S/C34H38BN5O8/c1-39-13-15-40(16-14-39)18-27(43)36-22-8-10-23(11-9-22)37-29(20-5-3-2-4-6-20)28-24-12-7-21(17-25(24)38-33(28)45)35-47-32-30(44)31(26(42)19-41)46-34(32)48-35/h2-12,17,26,30-32,34,38,41-42,44-45H,13-16,18-19H2,1H3,(H,36,43)/t26-,30+,31-,32-,34?/m1/s1. The summed E-state index contributed by atoms with van der Waals surface area (Å²) >= 11 is 0. The molecule has 6 N–H and O–H groups in total. The summed E-state index contributed by atoms with van der Waals surface area (Å²) in [6.07, 6.45) is -5.20. The first-order chi connectivity index (χ1) is 23.3. The quantitative estimate of drug-likeness (QED) is 0.112. The Kier molecular flexibility index (Phi) is 9.31. The van der Waals surface area contributed by atoms with Crippen LogP contribution in [-0.2, 0) is 18.8 Å². The lowest BCUT2D eigenvalue weighted by Gasteiger charge is -2.31. The molecule has 13 nitrogen and oxygen atoms in total. The summed E-state index contributed by atoms with van der Waals surface area (Å²) in [5.41, 5.74) is 4.41. The molecule has 0 radical (unpaired) electrons. The Morgan fingerprint density at radius 3 is 2.52 bits per heavy atom. The number of carbonyl (C=O) groups is 1. The highest BCUT2D eigenvalue weighted by Crippen LogP contribution is 2.34. The molecule has 3 aromatic carbocycles. The van der Waals surface area contributed by atoms with E-state index in [0.717, 1.165) is 31.7 Å². The zero-order chi connectivity index (χ0) is 33.4. The maximum Gasteiger partial charge on any atom is 0.496 e. The van der Waals surface area contributed by atoms with Gasteiger partial charge in [-0.1, -0.05) is 42.5 Å². The van der Waals surface area contributed by atoms with Crippen LogP contribution in [0.25, 0.3) is 10.9 Å². The maximum atomic E-state index is 12.7. The van der Waals surface area contributed by atoms with Crippen LogP contribution in [0.15, 0.2) is 77.8 Å². The lowest BCUT2D eigenvalue weighted by Crippen LogP contribution is -2.47. The number of aliphatic imine (C=N–C) groups is 1. The Labute approximate surface area is 277 Å². The largest absolute Gasteiger partial charge is 0.496 e. The average Bonchev–Trinajstić information content (AvgIpc) is 3.76. The molecule has 0 aliphatic carbocycles. The molecule has 3 saturated heterocycles. The molecule has 48 heavy (non-hydrogen) atoms. The third-order valence-corrected chi connectivity index (χ3v) is 9.05. The molecule has 14 heteroatoms. The number of rotatable bonds is 9. The van der Waals surface area contributed by atoms with Crippen molar-refractivity contribution in [3.63, 3.8) is 0 Å². The minimum Gasteiger partial charge on any atom is -0.494 e. The van der Waals surface area contributed by atoms with Gasteiger partial charge in [0.2, 0.25) is 5.91 Å². The van der Waals surface area contributed by atoms with Crippen LogP contribution in [-0.4, -0.2) is 131 Å². The van der Waals surface area contributed by atoms with Crippen LogP contribution in [0, 0.1) is 0 Å². The van der Waals surface area contributed by atoms with Crippen molar-refractivity contribution < 1.29 is 39.3 Å². The normalized spacial score (nSPS) is 24.2. The highest BCUT2D eigenvalue weighted by atomic mass is 16.8. The van der Waals surface area contributed by atoms with E-state index in [0.29, 0.717) is 45.6 Å². The van der Waals surface area contributed by atoms with Crippen molar-refractivity contribution in [2.24, 2.45) is 4.99 Å². The second-order valence-electron chi connectivity index (χ2n) is 12.4. The second-order valence-corrected chi connectivity index (χ2v) is 12.4. The van der Waals surface area contributed by atoms with Gasteiger partial charge in [-0.15, -0.1) is 0 Å². The van der Waals surface area contributed by atoms with E-state index >= 15 is 0 Å². The van der Waals surface area contributed by atoms with E-state index in [2.05, 4.69) is 27.1 Å². The Morgan fingerprint density at radius 1 is 1.06 bits per heavy atom. The fourth-order valence-electron chi connectivity index (χ4n) is 6.40. The predicted molar refractivity (Wildman–Crippen MR) is 180 cm³/mol. The van der Waals surface area contributed by atoms with Crippen LogP contribution >= 0.6 is 0 Å². The molecule has 250 valence electrons. The number of aromatic amines is 1. The number of aliphatic hydroxyl groups excluding tert-OH is 3. The van der Waals surface area contributed by atoms with Crippen molar-refractivity contribution in [2.75, 3.05) is 51.7 Å². The number of hydrogen-bond acceptors (Lipinski definition) is 11. The molecule has 4 heterocycles. The monoisotopic (exact) mass is 655 g/mol. The molecule has 0 saturated carbocycles. The molecular weight excluding hydrogens is 617 g/mol. The number of piperazine rings is 1. The molecule has 1 amide bonds. The number of hydrogen-bond donors (Lipinski definition) is 6. The summed E-state index contributed by atoms with van der Waals surface area (Å²) < 4.78 is 17.5. The summed E-state index contributed by atoms with van der Waals surface area (Å²) in [4.78, 5) is 25.1. The number of nitrogens with one attached hydrogen (secondary N) is 2. The molecule has 5 atom stereocenters. The van der Waals surface area contributed by atoms with Gasteiger partial charge < -0.3 is 49.7 Å². The van der Waals surface area contributed by atoms with Gasteiger partial charge in [-0.2, -0.15) is 0 Å². The number of aliphatic hydroxyl groups is 3. The number of fused-ring (bicyclic) bond motifs is 2. The van der Waals surface area contributed by atoms with Crippen LogP contribution in [0.3, 0.4) is 0 Å². The molecule has 4 aromatic rings. The fraction of sp³-hybridized carbons (Fsp3) is 0.353. The Morgan fingerprint density at radius 2 is 1.81 bits per heavy atom. The number of aromatic nitrogens is 1. The first-order valence-electron chi connectivity index (χ1n) is 16.0. The molecule has 7 rings (SSSR count). The average molecular weight is 656 g/mol. The number of amides is 1. The van der Waals surface area contributed by atoms with Crippen LogP contribution in [0.4, 0.5) is 11.4 Å². The third-order valence-electron chi connectivity index (χ3n) is 9.05. The van der Waals surface area contributed by atoms with E-state index in [1.165, 1.54) is 0 Å². The third kappa shape index (κ3) is 6.61. The highest BCUT2D eigenvalue weighted by molar-refractivity contribution is 6.62. The minimum absolute atomic E-state index is 0.0612. The van der Waals surface area contributed by atoms with E-state index in [4.69, 9.17) is 19.0 Å². The lowest BCUT2D eigenvalue weighted by molar-refractivity contribution is -0.125. The van der Waals surface area contributed by atoms with Gasteiger partial charge in [-0.3, -0.25) is 9.69 Å². The van der Waals surface area contributed by atoms with E-state index < -0.39 is 44.4 Å². The zero-order valence-corrected chi connectivity index (χ0v) is 26.4. The Hall–Kier alpha value is -4.12. The summed E-state index contributed by atoms with van der Waals surface area (Å²) in [7, 11) is 1.22. The Bertz CT molecular complexity index is 1780. The summed E-state index contributed by atoms with van der Waals surface area (Å²) in [5, 5.41) is 44.7. The van der Waals surface area contributed by atoms with Gasteiger partial charge in [-0.25, -0.2) is 4.99 Å². The molecule has 1 aromatic heterocycles. The molecule has 3 aliphatic rings. The van der Waals surface area contributed by atoms with Crippen LogP contribution in [0.1, 0.15) is 11.1 Å². The number of H-pyrrole nitrogens is 1. The van der Waals surface area contributed by atoms with Gasteiger partial charge >= 0.3 is 7.12 Å². The summed E-state index contributed by atoms with van der Waals surface area (Å²) in [6.45, 7) is 3.40. The Balaban J connectivity index is 1.11. The number of likely N-dealkylation sites (N-methyl/N-ethyl adjacent to an activating group) is 1. The predicted octanol–water partition coefficient (Wildman–Crippen LogP) is 0.778. The first-order valence-corrected chi connectivity index (χ1v) is 16.0. The van der Waals surface area contributed by atoms with E-state index in [1.807, 2.05) is 60.7 Å². The van der Waals surface area contributed by atoms with Crippen molar-refractivity contribution in [3.8, 4) is 5.88 Å². The number of benzene rings is 3. The topological polar surface area (TPSA) is 172 Å². The van der Waals surface area contributed by atoms with Crippen molar-refractivity contribution in [3.05, 3.63) is 83.9 Å². The van der Waals surface area contributed by atoms with Gasteiger partial charge in [0.05, 0.1) is 30.1 Å². The highest BCUT2D eigenvalue weighted by Gasteiger charge is 2.55. The van der Waals surface area contributed by atoms with Crippen molar-refractivity contribution in [1.29, 1.82) is 0 Å². The SMILES string of the molecule is CN1CCN(CC(=O)Nc2ccc(N=C(c3ccccc3)c3c(O)[nH]c4cc(B5OC6O[C@H]([C@H](O)CO)[C@H](O)[C@H]6O5)ccc34)cc2)CC1. The second kappa shape index (κ2) is 13.8. The van der Waals surface area contributed by atoms with E-state index in [1.54, 1.807) is 12.1 Å². The number of nitrogens with zero attached hydrogens (tertiary/aromatic N) is 3. The number of carbonyl (C=O) groups excluding carboxylic acids is 1. The van der Waals surface area contributed by atoms with Crippen LogP contribution in [0.5, 0.6) is 5.88 Å². The summed E-state index contributed by atoms with van der Waals surface area (Å²) in [5.74, 6) is -0.129. The van der Waals surface area contributed by atoms with Gasteiger partial charge in [0, 0.05) is 48.3 Å². The van der Waals surface area contributed by atoms with Crippen molar-refractivity contribution in [1.82, 2.24) is 14.8 Å². The van der Waals surface area contributed by atoms with Gasteiger partial charge in [0.25, 0.3) is 0 Å². The lowest BCUT2D eigenvalue weighted by atomic mass is 9.79. The van der Waals surface area contributed by atoms with Crippen molar-refractivity contribution in [2.45, 2.75) is 30.7 Å². The smallest absolute Gasteiger partial charge is 0.494 e. The number of anilines is 1. The number of ether oxygens (including phenoxy) is 1. The summed E-state index contributed by atoms with van der Waals surface area (Å²) in [6, 6.07) is 22.3.